The smallest absolute Gasteiger partial charge is 0.252 e. The quantitative estimate of drug-likeness (QED) is 0.836. The molecule has 1 fully saturated rings. The van der Waals surface area contributed by atoms with Gasteiger partial charge in [-0.25, -0.2) is 4.99 Å². The highest BCUT2D eigenvalue weighted by atomic mass is 16.2. The van der Waals surface area contributed by atoms with Gasteiger partial charge in [-0.15, -0.1) is 0 Å². The van der Waals surface area contributed by atoms with Gasteiger partial charge >= 0.3 is 0 Å². The number of carbonyl (C=O) groups is 2. The zero-order valence-electron chi connectivity index (χ0n) is 16.5. The van der Waals surface area contributed by atoms with Gasteiger partial charge in [0.1, 0.15) is 6.04 Å². The Kier molecular flexibility index (Phi) is 5.46. The predicted molar refractivity (Wildman–Crippen MR) is 114 cm³/mol. The molecule has 2 amide bonds. The number of carbonyl (C=O) groups excluding carboxylic acids is 2. The van der Waals surface area contributed by atoms with Gasteiger partial charge in [0, 0.05) is 37.6 Å². The molecule has 2 aliphatic heterocycles. The standard InChI is InChI=1S/C22H25N5O2/c1-16-6-5-7-17(14-16)23-20(28)15-19-21(29)25-22(24-19)27-12-10-26(11-13-27)18-8-3-2-4-9-18/h2-9,14,19H,10-13,15H2,1H3,(H,23,28)(H,24,25,29)/t19-/m1/s1. The molecule has 2 heterocycles. The lowest BCUT2D eigenvalue weighted by Gasteiger charge is -2.36. The second-order valence-corrected chi connectivity index (χ2v) is 7.39. The van der Waals surface area contributed by atoms with Gasteiger partial charge in [0.2, 0.25) is 11.9 Å². The fourth-order valence-electron chi connectivity index (χ4n) is 3.66. The van der Waals surface area contributed by atoms with Gasteiger partial charge in [0.25, 0.3) is 5.91 Å². The average molecular weight is 391 g/mol. The number of amides is 2. The number of benzene rings is 2. The van der Waals surface area contributed by atoms with Crippen LogP contribution in [0, 0.1) is 6.92 Å². The SMILES string of the molecule is Cc1cccc(NC(=O)C[C@H]2N=C(N3CCN(c4ccccc4)CC3)NC2=O)c1. The molecule has 0 spiro atoms. The highest BCUT2D eigenvalue weighted by Crippen LogP contribution is 2.17. The van der Waals surface area contributed by atoms with Gasteiger partial charge in [-0.1, -0.05) is 30.3 Å². The zero-order valence-corrected chi connectivity index (χ0v) is 16.5. The van der Waals surface area contributed by atoms with Crippen LogP contribution in [0.4, 0.5) is 11.4 Å². The Morgan fingerprint density at radius 2 is 1.79 bits per heavy atom. The molecule has 2 aromatic carbocycles. The fraction of sp³-hybridized carbons (Fsp3) is 0.318. The van der Waals surface area contributed by atoms with Crippen LogP contribution in [0.2, 0.25) is 0 Å². The van der Waals surface area contributed by atoms with Crippen molar-refractivity contribution in [1.29, 1.82) is 0 Å². The van der Waals surface area contributed by atoms with Crippen LogP contribution in [0.1, 0.15) is 12.0 Å². The Morgan fingerprint density at radius 1 is 1.07 bits per heavy atom. The zero-order chi connectivity index (χ0) is 20.2. The fourth-order valence-corrected chi connectivity index (χ4v) is 3.66. The minimum atomic E-state index is -0.679. The molecular weight excluding hydrogens is 366 g/mol. The molecule has 0 bridgehead atoms. The Bertz CT molecular complexity index is 920. The van der Waals surface area contributed by atoms with Crippen molar-refractivity contribution >= 4 is 29.1 Å². The molecule has 0 aliphatic carbocycles. The van der Waals surface area contributed by atoms with Crippen molar-refractivity contribution < 1.29 is 9.59 Å². The highest BCUT2D eigenvalue weighted by molar-refractivity contribution is 6.07. The van der Waals surface area contributed by atoms with Gasteiger partial charge in [-0.3, -0.25) is 14.9 Å². The molecule has 0 aromatic heterocycles. The first kappa shape index (κ1) is 19.0. The van der Waals surface area contributed by atoms with E-state index in [4.69, 9.17) is 0 Å². The maximum absolute atomic E-state index is 12.3. The Labute approximate surface area is 170 Å². The molecule has 0 unspecified atom stereocenters. The number of para-hydroxylation sites is 1. The number of rotatable bonds is 4. The molecule has 7 nitrogen and oxygen atoms in total. The van der Waals surface area contributed by atoms with Crippen molar-refractivity contribution in [2.45, 2.75) is 19.4 Å². The van der Waals surface area contributed by atoms with Crippen molar-refractivity contribution in [3.05, 3.63) is 60.2 Å². The number of aliphatic imine (C=N–C) groups is 1. The second kappa shape index (κ2) is 8.34. The number of aryl methyl sites for hydroxylation is 1. The first-order valence-corrected chi connectivity index (χ1v) is 9.88. The van der Waals surface area contributed by atoms with E-state index in [1.807, 2.05) is 49.4 Å². The molecule has 2 aromatic rings. The maximum Gasteiger partial charge on any atom is 0.252 e. The molecule has 2 N–H and O–H groups in total. The highest BCUT2D eigenvalue weighted by Gasteiger charge is 2.32. The number of hydrogen-bond donors (Lipinski definition) is 2. The molecule has 0 saturated carbocycles. The third-order valence-corrected chi connectivity index (χ3v) is 5.20. The molecular formula is C22H25N5O2. The summed E-state index contributed by atoms with van der Waals surface area (Å²) in [6.45, 7) is 5.23. The van der Waals surface area contributed by atoms with E-state index in [0.717, 1.165) is 37.4 Å². The van der Waals surface area contributed by atoms with E-state index in [-0.39, 0.29) is 18.2 Å². The minimum Gasteiger partial charge on any atom is -0.368 e. The van der Waals surface area contributed by atoms with Crippen molar-refractivity contribution in [3.63, 3.8) is 0 Å². The monoisotopic (exact) mass is 391 g/mol. The number of anilines is 2. The third kappa shape index (κ3) is 4.56. The van der Waals surface area contributed by atoms with Crippen LogP contribution in [0.15, 0.2) is 59.6 Å². The summed E-state index contributed by atoms with van der Waals surface area (Å²) in [7, 11) is 0. The molecule has 4 rings (SSSR count). The topological polar surface area (TPSA) is 77.0 Å². The van der Waals surface area contributed by atoms with Gasteiger partial charge < -0.3 is 15.1 Å². The molecule has 7 heteroatoms. The molecule has 1 saturated heterocycles. The number of piperazine rings is 1. The van der Waals surface area contributed by atoms with Crippen LogP contribution in [-0.4, -0.2) is 54.9 Å². The Hall–Kier alpha value is -3.35. The third-order valence-electron chi connectivity index (χ3n) is 5.20. The number of nitrogens with one attached hydrogen (secondary N) is 2. The number of hydrogen-bond acceptors (Lipinski definition) is 5. The van der Waals surface area contributed by atoms with Crippen molar-refractivity contribution in [2.24, 2.45) is 4.99 Å². The van der Waals surface area contributed by atoms with Crippen LogP contribution in [-0.2, 0) is 9.59 Å². The van der Waals surface area contributed by atoms with Gasteiger partial charge in [-0.2, -0.15) is 0 Å². The van der Waals surface area contributed by atoms with Gasteiger partial charge in [0.05, 0.1) is 6.42 Å². The molecule has 1 atom stereocenters. The van der Waals surface area contributed by atoms with E-state index in [1.165, 1.54) is 5.69 Å². The summed E-state index contributed by atoms with van der Waals surface area (Å²) in [5.41, 5.74) is 3.00. The lowest BCUT2D eigenvalue weighted by molar-refractivity contribution is -0.123. The van der Waals surface area contributed by atoms with Crippen LogP contribution >= 0.6 is 0 Å². The Balaban J connectivity index is 1.32. The number of guanidine groups is 1. The molecule has 29 heavy (non-hydrogen) atoms. The van der Waals surface area contributed by atoms with Crippen molar-refractivity contribution in [2.75, 3.05) is 36.4 Å². The summed E-state index contributed by atoms with van der Waals surface area (Å²) in [5, 5.41) is 5.69. The summed E-state index contributed by atoms with van der Waals surface area (Å²) < 4.78 is 0. The second-order valence-electron chi connectivity index (χ2n) is 7.39. The summed E-state index contributed by atoms with van der Waals surface area (Å²) in [5.74, 6) is 0.149. The summed E-state index contributed by atoms with van der Waals surface area (Å²) in [4.78, 5) is 33.5. The largest absolute Gasteiger partial charge is 0.368 e. The minimum absolute atomic E-state index is 0.0350. The normalized spacial score (nSPS) is 19.0. The lowest BCUT2D eigenvalue weighted by Crippen LogP contribution is -2.52. The maximum atomic E-state index is 12.3. The summed E-state index contributed by atoms with van der Waals surface area (Å²) in [6, 6.07) is 17.2. The molecule has 0 radical (unpaired) electrons. The molecule has 2 aliphatic rings. The Morgan fingerprint density at radius 3 is 2.52 bits per heavy atom. The summed E-state index contributed by atoms with van der Waals surface area (Å²) in [6.07, 6.45) is 0.0350. The van der Waals surface area contributed by atoms with Crippen LogP contribution in [0.3, 0.4) is 0 Å². The van der Waals surface area contributed by atoms with Crippen molar-refractivity contribution in [1.82, 2.24) is 10.2 Å². The van der Waals surface area contributed by atoms with Gasteiger partial charge in [0.15, 0.2) is 0 Å². The van der Waals surface area contributed by atoms with E-state index >= 15 is 0 Å². The lowest BCUT2D eigenvalue weighted by atomic mass is 10.2. The van der Waals surface area contributed by atoms with Crippen LogP contribution < -0.4 is 15.5 Å². The first-order chi connectivity index (χ1) is 14.1. The van der Waals surface area contributed by atoms with E-state index < -0.39 is 6.04 Å². The predicted octanol–water partition coefficient (Wildman–Crippen LogP) is 2.00. The van der Waals surface area contributed by atoms with E-state index in [0.29, 0.717) is 5.96 Å². The van der Waals surface area contributed by atoms with Crippen LogP contribution in [0.25, 0.3) is 0 Å². The number of nitrogens with zero attached hydrogens (tertiary/aromatic N) is 3. The molecule has 150 valence electrons. The van der Waals surface area contributed by atoms with Crippen molar-refractivity contribution in [3.8, 4) is 0 Å². The summed E-state index contributed by atoms with van der Waals surface area (Å²) >= 11 is 0. The van der Waals surface area contributed by atoms with E-state index in [9.17, 15) is 9.59 Å². The van der Waals surface area contributed by atoms with E-state index in [1.54, 1.807) is 0 Å². The van der Waals surface area contributed by atoms with Crippen LogP contribution in [0.5, 0.6) is 0 Å². The van der Waals surface area contributed by atoms with E-state index in [2.05, 4.69) is 37.6 Å². The average Bonchev–Trinajstić information content (AvgIpc) is 3.09. The first-order valence-electron chi connectivity index (χ1n) is 9.88. The van der Waals surface area contributed by atoms with Gasteiger partial charge in [-0.05, 0) is 36.8 Å².